The van der Waals surface area contributed by atoms with Crippen molar-refractivity contribution in [2.45, 2.75) is 25.7 Å². The van der Waals surface area contributed by atoms with Crippen LogP contribution in [0.25, 0.3) is 0 Å². The van der Waals surface area contributed by atoms with Crippen molar-refractivity contribution in [2.75, 3.05) is 26.6 Å². The van der Waals surface area contributed by atoms with Crippen LogP contribution in [0.1, 0.15) is 25.8 Å². The molecule has 0 atom stereocenters. The number of fused-ring (bicyclic) bond motifs is 1. The first-order chi connectivity index (χ1) is 9.05. The van der Waals surface area contributed by atoms with Gasteiger partial charge in [0.2, 0.25) is 6.79 Å². The standard InChI is InChI=1S/C15H21NO3/c1-14(2,7-16)6-15(8-17-9-15)11-3-4-12-13(5-11)19-10-18-12/h3-5H,6-10,16H2,1-2H3. The Bertz CT molecular complexity index is 480. The minimum atomic E-state index is 0.0733. The Balaban J connectivity index is 1.90. The average Bonchev–Trinajstić information content (AvgIpc) is 2.81. The van der Waals surface area contributed by atoms with Crippen molar-refractivity contribution in [3.63, 3.8) is 0 Å². The maximum atomic E-state index is 5.88. The van der Waals surface area contributed by atoms with E-state index in [4.69, 9.17) is 19.9 Å². The summed E-state index contributed by atoms with van der Waals surface area (Å²) in [5, 5.41) is 0. The van der Waals surface area contributed by atoms with Crippen molar-refractivity contribution in [1.29, 1.82) is 0 Å². The van der Waals surface area contributed by atoms with Gasteiger partial charge in [-0.3, -0.25) is 0 Å². The summed E-state index contributed by atoms with van der Waals surface area (Å²) in [6.45, 7) is 6.93. The SMILES string of the molecule is CC(C)(CN)CC1(c2ccc3c(c2)OCO3)COC1. The second-order valence-electron chi connectivity index (χ2n) is 6.39. The summed E-state index contributed by atoms with van der Waals surface area (Å²) in [6, 6.07) is 6.22. The van der Waals surface area contributed by atoms with Gasteiger partial charge in [-0.2, -0.15) is 0 Å². The zero-order valence-corrected chi connectivity index (χ0v) is 11.6. The van der Waals surface area contributed by atoms with Crippen LogP contribution >= 0.6 is 0 Å². The fourth-order valence-electron chi connectivity index (χ4n) is 2.93. The highest BCUT2D eigenvalue weighted by Gasteiger charge is 2.44. The summed E-state index contributed by atoms with van der Waals surface area (Å²) in [5.74, 6) is 1.67. The monoisotopic (exact) mass is 263 g/mol. The first-order valence-corrected chi connectivity index (χ1v) is 6.73. The first-order valence-electron chi connectivity index (χ1n) is 6.73. The van der Waals surface area contributed by atoms with Crippen LogP contribution in [0.5, 0.6) is 11.5 Å². The van der Waals surface area contributed by atoms with Gasteiger partial charge in [-0.15, -0.1) is 0 Å². The smallest absolute Gasteiger partial charge is 0.231 e. The first kappa shape index (κ1) is 12.8. The Hall–Kier alpha value is -1.26. The van der Waals surface area contributed by atoms with E-state index in [1.54, 1.807) is 0 Å². The molecule has 0 radical (unpaired) electrons. The fourth-order valence-corrected chi connectivity index (χ4v) is 2.93. The Labute approximate surface area is 113 Å². The van der Waals surface area contributed by atoms with Gasteiger partial charge < -0.3 is 19.9 Å². The predicted octanol–water partition coefficient (Wildman–Crippen LogP) is 2.06. The van der Waals surface area contributed by atoms with E-state index >= 15 is 0 Å². The van der Waals surface area contributed by atoms with Crippen LogP contribution in [0.3, 0.4) is 0 Å². The molecule has 4 heteroatoms. The topological polar surface area (TPSA) is 53.7 Å². The molecule has 19 heavy (non-hydrogen) atoms. The average molecular weight is 263 g/mol. The molecule has 1 aromatic carbocycles. The van der Waals surface area contributed by atoms with E-state index in [9.17, 15) is 0 Å². The molecule has 0 spiro atoms. The van der Waals surface area contributed by atoms with E-state index in [0.29, 0.717) is 13.3 Å². The van der Waals surface area contributed by atoms with Gasteiger partial charge in [0.15, 0.2) is 11.5 Å². The highest BCUT2D eigenvalue weighted by Crippen LogP contribution is 2.45. The van der Waals surface area contributed by atoms with Crippen molar-refractivity contribution >= 4 is 0 Å². The molecule has 0 unspecified atom stereocenters. The summed E-state index contributed by atoms with van der Waals surface area (Å²) in [7, 11) is 0. The van der Waals surface area contributed by atoms with Crippen molar-refractivity contribution in [2.24, 2.45) is 11.1 Å². The van der Waals surface area contributed by atoms with Gasteiger partial charge in [-0.25, -0.2) is 0 Å². The van der Waals surface area contributed by atoms with Gasteiger partial charge in [-0.05, 0) is 36.1 Å². The van der Waals surface area contributed by atoms with Crippen molar-refractivity contribution in [3.05, 3.63) is 23.8 Å². The van der Waals surface area contributed by atoms with Crippen LogP contribution in [-0.2, 0) is 10.2 Å². The van der Waals surface area contributed by atoms with E-state index in [1.807, 2.05) is 6.07 Å². The van der Waals surface area contributed by atoms with E-state index in [2.05, 4.69) is 26.0 Å². The third-order valence-electron chi connectivity index (χ3n) is 4.11. The molecule has 1 saturated heterocycles. The van der Waals surface area contributed by atoms with E-state index < -0.39 is 0 Å². The van der Waals surface area contributed by atoms with E-state index in [-0.39, 0.29) is 10.8 Å². The van der Waals surface area contributed by atoms with Gasteiger partial charge in [-0.1, -0.05) is 19.9 Å². The van der Waals surface area contributed by atoms with Gasteiger partial charge in [0.25, 0.3) is 0 Å². The Morgan fingerprint density at radius 1 is 1.21 bits per heavy atom. The quantitative estimate of drug-likeness (QED) is 0.903. The maximum absolute atomic E-state index is 5.88. The molecule has 0 amide bonds. The molecule has 2 aliphatic rings. The van der Waals surface area contributed by atoms with Crippen molar-refractivity contribution in [3.8, 4) is 11.5 Å². The van der Waals surface area contributed by atoms with Crippen LogP contribution in [-0.4, -0.2) is 26.6 Å². The summed E-state index contributed by atoms with van der Waals surface area (Å²) in [6.07, 6.45) is 1.02. The molecule has 1 fully saturated rings. The number of hydrogen-bond donors (Lipinski definition) is 1. The summed E-state index contributed by atoms with van der Waals surface area (Å²) >= 11 is 0. The molecule has 1 aromatic rings. The van der Waals surface area contributed by atoms with E-state index in [1.165, 1.54) is 5.56 Å². The number of benzene rings is 1. The van der Waals surface area contributed by atoms with Crippen LogP contribution in [0.15, 0.2) is 18.2 Å². The van der Waals surface area contributed by atoms with Gasteiger partial charge >= 0.3 is 0 Å². The van der Waals surface area contributed by atoms with Crippen LogP contribution in [0, 0.1) is 5.41 Å². The number of rotatable bonds is 4. The molecule has 3 rings (SSSR count). The second kappa shape index (κ2) is 4.39. The van der Waals surface area contributed by atoms with Gasteiger partial charge in [0.05, 0.1) is 13.2 Å². The Morgan fingerprint density at radius 3 is 2.58 bits per heavy atom. The third-order valence-corrected chi connectivity index (χ3v) is 4.11. The van der Waals surface area contributed by atoms with Gasteiger partial charge in [0, 0.05) is 5.41 Å². The molecule has 0 saturated carbocycles. The lowest BCUT2D eigenvalue weighted by atomic mass is 9.67. The second-order valence-corrected chi connectivity index (χ2v) is 6.39. The van der Waals surface area contributed by atoms with Gasteiger partial charge in [0.1, 0.15) is 0 Å². The molecular formula is C15H21NO3. The van der Waals surface area contributed by atoms with Crippen molar-refractivity contribution < 1.29 is 14.2 Å². The zero-order valence-electron chi connectivity index (χ0n) is 11.6. The molecule has 0 aliphatic carbocycles. The minimum absolute atomic E-state index is 0.0733. The van der Waals surface area contributed by atoms with Crippen LogP contribution < -0.4 is 15.2 Å². The van der Waals surface area contributed by atoms with E-state index in [0.717, 1.165) is 31.1 Å². The van der Waals surface area contributed by atoms with Crippen LogP contribution in [0.4, 0.5) is 0 Å². The molecule has 0 aromatic heterocycles. The number of nitrogens with two attached hydrogens (primary N) is 1. The Morgan fingerprint density at radius 2 is 1.95 bits per heavy atom. The predicted molar refractivity (Wildman–Crippen MR) is 72.5 cm³/mol. The summed E-state index contributed by atoms with van der Waals surface area (Å²) in [4.78, 5) is 0. The zero-order chi connectivity index (χ0) is 13.5. The highest BCUT2D eigenvalue weighted by molar-refractivity contribution is 5.47. The molecule has 4 nitrogen and oxygen atoms in total. The van der Waals surface area contributed by atoms with Crippen LogP contribution in [0.2, 0.25) is 0 Å². The number of ether oxygens (including phenoxy) is 3. The lowest BCUT2D eigenvalue weighted by molar-refractivity contribution is -0.0786. The maximum Gasteiger partial charge on any atom is 0.231 e. The largest absolute Gasteiger partial charge is 0.454 e. The lowest BCUT2D eigenvalue weighted by Gasteiger charge is -2.46. The minimum Gasteiger partial charge on any atom is -0.454 e. The Kier molecular flexibility index (Phi) is 2.95. The highest BCUT2D eigenvalue weighted by atomic mass is 16.7. The molecular weight excluding hydrogens is 242 g/mol. The third kappa shape index (κ3) is 2.19. The fraction of sp³-hybridized carbons (Fsp3) is 0.600. The van der Waals surface area contributed by atoms with Crippen molar-refractivity contribution in [1.82, 2.24) is 0 Å². The lowest BCUT2D eigenvalue weighted by Crippen LogP contribution is -2.50. The summed E-state index contributed by atoms with van der Waals surface area (Å²) in [5.41, 5.74) is 7.33. The molecule has 2 N–H and O–H groups in total. The normalized spacial score (nSPS) is 20.2. The molecule has 104 valence electrons. The molecule has 0 bridgehead atoms. The molecule has 2 heterocycles. The number of hydrogen-bond acceptors (Lipinski definition) is 4. The molecule has 2 aliphatic heterocycles. The summed E-state index contributed by atoms with van der Waals surface area (Å²) < 4.78 is 16.3.